The van der Waals surface area contributed by atoms with Gasteiger partial charge in [-0.05, 0) is 12.1 Å². The first kappa shape index (κ1) is 11.5. The standard InChI is InChI=1S/C10H8Cl2O4/c11-5-3-6-8(7(12)4-5)16-2-1-10(6,15)9(13)14/h3-4,15H,1-2H2,(H,13,14)/t10-/m1/s1. The molecule has 16 heavy (non-hydrogen) atoms. The molecule has 6 heteroatoms. The van der Waals surface area contributed by atoms with Crippen LogP contribution in [0, 0.1) is 0 Å². The Balaban J connectivity index is 2.67. The average Bonchev–Trinajstić information content (AvgIpc) is 2.19. The molecule has 1 aliphatic heterocycles. The second kappa shape index (κ2) is 3.80. The van der Waals surface area contributed by atoms with Crippen molar-refractivity contribution in [2.45, 2.75) is 12.0 Å². The Bertz CT molecular complexity index is 460. The van der Waals surface area contributed by atoms with Gasteiger partial charge < -0.3 is 14.9 Å². The van der Waals surface area contributed by atoms with Gasteiger partial charge in [-0.3, -0.25) is 0 Å². The summed E-state index contributed by atoms with van der Waals surface area (Å²) in [7, 11) is 0. The Morgan fingerprint density at radius 1 is 1.44 bits per heavy atom. The van der Waals surface area contributed by atoms with Gasteiger partial charge in [-0.15, -0.1) is 0 Å². The number of aliphatic carboxylic acids is 1. The smallest absolute Gasteiger partial charge is 0.340 e. The van der Waals surface area contributed by atoms with Crippen LogP contribution in [0.15, 0.2) is 12.1 Å². The maximum Gasteiger partial charge on any atom is 0.340 e. The summed E-state index contributed by atoms with van der Waals surface area (Å²) in [4.78, 5) is 11.1. The molecule has 86 valence electrons. The lowest BCUT2D eigenvalue weighted by Gasteiger charge is -2.31. The van der Waals surface area contributed by atoms with E-state index in [4.69, 9.17) is 33.0 Å². The van der Waals surface area contributed by atoms with Gasteiger partial charge in [-0.25, -0.2) is 4.79 Å². The van der Waals surface area contributed by atoms with Gasteiger partial charge in [0.05, 0.1) is 11.6 Å². The number of rotatable bonds is 1. The molecule has 0 saturated carbocycles. The Kier molecular flexibility index (Phi) is 2.74. The minimum Gasteiger partial charge on any atom is -0.491 e. The Morgan fingerprint density at radius 3 is 2.75 bits per heavy atom. The summed E-state index contributed by atoms with van der Waals surface area (Å²) < 4.78 is 5.24. The number of carboxylic acids is 1. The lowest BCUT2D eigenvalue weighted by molar-refractivity contribution is -0.162. The summed E-state index contributed by atoms with van der Waals surface area (Å²) >= 11 is 11.6. The Hall–Kier alpha value is -0.970. The van der Waals surface area contributed by atoms with Crippen molar-refractivity contribution in [3.05, 3.63) is 27.7 Å². The van der Waals surface area contributed by atoms with E-state index in [1.165, 1.54) is 12.1 Å². The minimum atomic E-state index is -1.98. The fraction of sp³-hybridized carbons (Fsp3) is 0.300. The Morgan fingerprint density at radius 2 is 2.12 bits per heavy atom. The fourth-order valence-corrected chi connectivity index (χ4v) is 2.22. The molecule has 0 amide bonds. The molecule has 0 aromatic heterocycles. The maximum atomic E-state index is 11.1. The third-order valence-corrected chi connectivity index (χ3v) is 3.02. The van der Waals surface area contributed by atoms with Crippen molar-refractivity contribution < 1.29 is 19.7 Å². The topological polar surface area (TPSA) is 66.8 Å². The van der Waals surface area contributed by atoms with Crippen molar-refractivity contribution in [1.29, 1.82) is 0 Å². The normalized spacial score (nSPS) is 23.4. The number of halogens is 2. The van der Waals surface area contributed by atoms with Crippen LogP contribution in [-0.2, 0) is 10.4 Å². The molecule has 0 radical (unpaired) electrons. The van der Waals surface area contributed by atoms with E-state index in [9.17, 15) is 9.90 Å². The molecule has 0 aliphatic carbocycles. The first-order chi connectivity index (χ1) is 7.45. The van der Waals surface area contributed by atoms with E-state index >= 15 is 0 Å². The molecule has 1 atom stereocenters. The van der Waals surface area contributed by atoms with Gasteiger partial charge in [0.1, 0.15) is 5.75 Å². The molecule has 0 unspecified atom stereocenters. The zero-order valence-electron chi connectivity index (χ0n) is 8.04. The lowest BCUT2D eigenvalue weighted by atomic mass is 9.88. The van der Waals surface area contributed by atoms with Gasteiger partial charge >= 0.3 is 5.97 Å². The molecule has 0 bridgehead atoms. The summed E-state index contributed by atoms with van der Waals surface area (Å²) in [5.41, 5.74) is -1.88. The molecule has 0 fully saturated rings. The van der Waals surface area contributed by atoms with Gasteiger partial charge in [-0.2, -0.15) is 0 Å². The summed E-state index contributed by atoms with van der Waals surface area (Å²) in [6.45, 7) is 0.0944. The highest BCUT2D eigenvalue weighted by molar-refractivity contribution is 6.35. The average molecular weight is 263 g/mol. The van der Waals surface area contributed by atoms with Gasteiger partial charge in [0.25, 0.3) is 0 Å². The second-order valence-corrected chi connectivity index (χ2v) is 4.37. The van der Waals surface area contributed by atoms with Crippen LogP contribution >= 0.6 is 23.2 Å². The van der Waals surface area contributed by atoms with E-state index in [0.717, 1.165) is 0 Å². The third-order valence-electron chi connectivity index (χ3n) is 2.52. The van der Waals surface area contributed by atoms with Crippen molar-refractivity contribution in [3.63, 3.8) is 0 Å². The van der Waals surface area contributed by atoms with Crippen LogP contribution < -0.4 is 4.74 Å². The molecule has 2 N–H and O–H groups in total. The summed E-state index contributed by atoms with van der Waals surface area (Å²) in [5.74, 6) is -1.15. The van der Waals surface area contributed by atoms with Crippen LogP contribution in [0.25, 0.3) is 0 Å². The van der Waals surface area contributed by atoms with Crippen LogP contribution in [0.2, 0.25) is 10.0 Å². The predicted molar refractivity (Wildman–Crippen MR) is 58.1 cm³/mol. The van der Waals surface area contributed by atoms with Crippen LogP contribution in [0.5, 0.6) is 5.75 Å². The first-order valence-electron chi connectivity index (χ1n) is 4.53. The van der Waals surface area contributed by atoms with Gasteiger partial charge in [0, 0.05) is 17.0 Å². The molecule has 1 heterocycles. The molecule has 0 spiro atoms. The van der Waals surface area contributed by atoms with E-state index < -0.39 is 11.6 Å². The maximum absolute atomic E-state index is 11.1. The van der Waals surface area contributed by atoms with Crippen molar-refractivity contribution in [2.24, 2.45) is 0 Å². The third kappa shape index (κ3) is 1.63. The zero-order valence-corrected chi connectivity index (χ0v) is 9.55. The monoisotopic (exact) mass is 262 g/mol. The molecule has 1 aromatic rings. The molecule has 0 saturated heterocycles. The van der Waals surface area contributed by atoms with Crippen LogP contribution in [-0.4, -0.2) is 22.8 Å². The molecular weight excluding hydrogens is 255 g/mol. The molecule has 1 aromatic carbocycles. The van der Waals surface area contributed by atoms with Crippen molar-refractivity contribution in [1.82, 2.24) is 0 Å². The highest BCUT2D eigenvalue weighted by Crippen LogP contribution is 2.43. The number of fused-ring (bicyclic) bond motifs is 1. The van der Waals surface area contributed by atoms with Crippen molar-refractivity contribution in [2.75, 3.05) is 6.61 Å². The van der Waals surface area contributed by atoms with Gasteiger partial charge in [0.2, 0.25) is 0 Å². The fourth-order valence-electron chi connectivity index (χ4n) is 1.67. The summed E-state index contributed by atoms with van der Waals surface area (Å²) in [6.07, 6.45) is -0.0357. The SMILES string of the molecule is O=C(O)[C@@]1(O)CCOc2c(Cl)cc(Cl)cc21. The summed E-state index contributed by atoms with van der Waals surface area (Å²) in [6, 6.07) is 2.80. The number of hydrogen-bond donors (Lipinski definition) is 2. The number of carbonyl (C=O) groups is 1. The Labute approximate surface area is 101 Å². The number of benzene rings is 1. The van der Waals surface area contributed by atoms with Crippen LogP contribution in [0.4, 0.5) is 0 Å². The number of hydrogen-bond acceptors (Lipinski definition) is 3. The van der Waals surface area contributed by atoms with E-state index in [1.807, 2.05) is 0 Å². The summed E-state index contributed by atoms with van der Waals surface area (Å²) in [5, 5.41) is 19.5. The highest BCUT2D eigenvalue weighted by Gasteiger charge is 2.44. The second-order valence-electron chi connectivity index (χ2n) is 3.53. The van der Waals surface area contributed by atoms with E-state index in [0.29, 0.717) is 0 Å². The molecular formula is C10H8Cl2O4. The highest BCUT2D eigenvalue weighted by atomic mass is 35.5. The van der Waals surface area contributed by atoms with E-state index in [2.05, 4.69) is 0 Å². The van der Waals surface area contributed by atoms with Crippen molar-refractivity contribution in [3.8, 4) is 5.75 Å². The largest absolute Gasteiger partial charge is 0.491 e. The van der Waals surface area contributed by atoms with Crippen molar-refractivity contribution >= 4 is 29.2 Å². The quantitative estimate of drug-likeness (QED) is 0.813. The predicted octanol–water partition coefficient (Wildman–Crippen LogP) is 2.05. The van der Waals surface area contributed by atoms with Gasteiger partial charge in [0.15, 0.2) is 5.60 Å². The van der Waals surface area contributed by atoms with Gasteiger partial charge in [-0.1, -0.05) is 23.2 Å². The van der Waals surface area contributed by atoms with E-state index in [-0.39, 0.29) is 34.4 Å². The molecule has 4 nitrogen and oxygen atoms in total. The van der Waals surface area contributed by atoms with Crippen LogP contribution in [0.3, 0.4) is 0 Å². The molecule has 1 aliphatic rings. The minimum absolute atomic E-state index is 0.0357. The van der Waals surface area contributed by atoms with E-state index in [1.54, 1.807) is 0 Å². The lowest BCUT2D eigenvalue weighted by Crippen LogP contribution is -2.40. The first-order valence-corrected chi connectivity index (χ1v) is 5.29. The number of aliphatic hydroxyl groups is 1. The number of carboxylic acid groups (broad SMARTS) is 1. The number of ether oxygens (including phenoxy) is 1. The zero-order chi connectivity index (χ0) is 11.9. The van der Waals surface area contributed by atoms with Crippen LogP contribution in [0.1, 0.15) is 12.0 Å². The molecule has 2 rings (SSSR count).